The summed E-state index contributed by atoms with van der Waals surface area (Å²) in [5.41, 5.74) is 2.14. The van der Waals surface area contributed by atoms with Crippen molar-refractivity contribution in [3.8, 4) is 0 Å². The molecule has 1 amide bonds. The fourth-order valence-electron chi connectivity index (χ4n) is 7.03. The molecule has 0 bridgehead atoms. The molecule has 9 nitrogen and oxygen atoms in total. The highest BCUT2D eigenvalue weighted by molar-refractivity contribution is 8.17. The molecule has 3 heterocycles. The van der Waals surface area contributed by atoms with Crippen LogP contribution in [0.2, 0.25) is 0 Å². The van der Waals surface area contributed by atoms with Gasteiger partial charge in [-0.1, -0.05) is 50.6 Å². The molecule has 5 atom stereocenters. The van der Waals surface area contributed by atoms with Gasteiger partial charge in [0.25, 0.3) is 5.24 Å². The third-order valence-corrected chi connectivity index (χ3v) is 11.3. The SMILES string of the molecule is CC(C)C1CC=C(C(=O)C[C@H]2CCCCN(Cc3ccc(F)c(CCNCC(O)C4=C5SC(=O)NC5(C)C(O)C=C4)c3)CCOCC2)N1. The Hall–Kier alpha value is -2.54. The molecule has 1 aromatic rings. The maximum atomic E-state index is 14.8. The van der Waals surface area contributed by atoms with Crippen molar-refractivity contribution in [3.05, 3.63) is 69.5 Å². The van der Waals surface area contributed by atoms with Crippen LogP contribution in [0.5, 0.6) is 0 Å². The van der Waals surface area contributed by atoms with Gasteiger partial charge < -0.3 is 30.9 Å². The first-order valence-corrected chi connectivity index (χ1v) is 18.4. The van der Waals surface area contributed by atoms with Gasteiger partial charge in [0.05, 0.1) is 30.1 Å². The van der Waals surface area contributed by atoms with Crippen molar-refractivity contribution in [1.82, 2.24) is 20.9 Å². The largest absolute Gasteiger partial charge is 0.387 e. The van der Waals surface area contributed by atoms with E-state index in [1.807, 2.05) is 12.1 Å². The molecule has 2 saturated heterocycles. The van der Waals surface area contributed by atoms with Gasteiger partial charge in [0.15, 0.2) is 5.78 Å². The number of hydrogen-bond donors (Lipinski definition) is 5. The van der Waals surface area contributed by atoms with Crippen LogP contribution in [0.25, 0.3) is 0 Å². The van der Waals surface area contributed by atoms with Gasteiger partial charge >= 0.3 is 0 Å². The number of benzene rings is 1. The summed E-state index contributed by atoms with van der Waals surface area (Å²) < 4.78 is 20.8. The van der Waals surface area contributed by atoms with E-state index in [0.29, 0.717) is 73.1 Å². The lowest BCUT2D eigenvalue weighted by Crippen LogP contribution is -2.51. The molecule has 0 spiro atoms. The number of carbonyl (C=O) groups excluding carboxylic acids is 2. The topological polar surface area (TPSA) is 123 Å². The summed E-state index contributed by atoms with van der Waals surface area (Å²) in [6, 6.07) is 5.68. The summed E-state index contributed by atoms with van der Waals surface area (Å²) in [5, 5.41) is 30.5. The van der Waals surface area contributed by atoms with Crippen molar-refractivity contribution in [1.29, 1.82) is 0 Å². The first-order chi connectivity index (χ1) is 23.0. The third kappa shape index (κ3) is 9.37. The average molecular weight is 685 g/mol. The normalized spacial score (nSPS) is 27.7. The second-order valence-corrected chi connectivity index (χ2v) is 15.2. The van der Waals surface area contributed by atoms with Crippen LogP contribution in [0.4, 0.5) is 9.18 Å². The van der Waals surface area contributed by atoms with E-state index in [0.717, 1.165) is 68.2 Å². The molecule has 2 fully saturated rings. The quantitative estimate of drug-likeness (QED) is 0.201. The molecular formula is C37H53FN4O5S. The summed E-state index contributed by atoms with van der Waals surface area (Å²) in [7, 11) is 0. The number of aliphatic hydroxyl groups excluding tert-OH is 2. The van der Waals surface area contributed by atoms with Crippen LogP contribution >= 0.6 is 11.8 Å². The number of fused-ring (bicyclic) bond motifs is 1. The van der Waals surface area contributed by atoms with Crippen molar-refractivity contribution in [2.75, 3.05) is 39.4 Å². The van der Waals surface area contributed by atoms with E-state index in [9.17, 15) is 24.2 Å². The summed E-state index contributed by atoms with van der Waals surface area (Å²) in [6.07, 6.45) is 9.56. The maximum Gasteiger partial charge on any atom is 0.284 e. The van der Waals surface area contributed by atoms with Gasteiger partial charge in [0.2, 0.25) is 0 Å². The smallest absolute Gasteiger partial charge is 0.284 e. The van der Waals surface area contributed by atoms with E-state index in [1.54, 1.807) is 19.1 Å². The highest BCUT2D eigenvalue weighted by Crippen LogP contribution is 2.44. The van der Waals surface area contributed by atoms with E-state index < -0.39 is 17.7 Å². The second kappa shape index (κ2) is 16.9. The molecule has 5 rings (SSSR count). The van der Waals surface area contributed by atoms with Gasteiger partial charge in [0, 0.05) is 43.6 Å². The van der Waals surface area contributed by atoms with Gasteiger partial charge in [-0.15, -0.1) is 0 Å². The van der Waals surface area contributed by atoms with E-state index in [2.05, 4.69) is 40.8 Å². The standard InChI is InChI=1S/C37H53FN4O5S/c1-24(2)30-10-11-31(40-30)32(43)21-25-6-4-5-16-42(17-19-47-18-14-25)23-26-7-9-29(38)27(20-26)13-15-39-22-33(44)28-8-12-34(45)37(3)35(28)48-36(46)41-37/h7-9,11-12,20,24-25,30,33-34,39-40,44-45H,4-6,10,13-19,21-23H2,1-3H3,(H,41,46)/t25-,30?,33?,34?,37?/m0/s1. The van der Waals surface area contributed by atoms with Crippen LogP contribution in [0.1, 0.15) is 70.4 Å². The number of allylic oxidation sites excluding steroid dienone is 1. The van der Waals surface area contributed by atoms with Crippen molar-refractivity contribution in [2.24, 2.45) is 11.8 Å². The van der Waals surface area contributed by atoms with Crippen LogP contribution < -0.4 is 16.0 Å². The first-order valence-electron chi connectivity index (χ1n) is 17.6. The number of thioether (sulfide) groups is 1. The lowest BCUT2D eigenvalue weighted by atomic mass is 9.85. The van der Waals surface area contributed by atoms with Crippen LogP contribution in [0, 0.1) is 17.7 Å². The van der Waals surface area contributed by atoms with E-state index in [1.165, 1.54) is 6.07 Å². The van der Waals surface area contributed by atoms with Crippen LogP contribution in [0.3, 0.4) is 0 Å². The first kappa shape index (κ1) is 36.7. The fraction of sp³-hybridized carbons (Fsp3) is 0.622. The Morgan fingerprint density at radius 2 is 2.06 bits per heavy atom. The zero-order valence-corrected chi connectivity index (χ0v) is 29.4. The summed E-state index contributed by atoms with van der Waals surface area (Å²) in [5.74, 6) is 0.805. The fourth-order valence-corrected chi connectivity index (χ4v) is 8.19. The van der Waals surface area contributed by atoms with Gasteiger partial charge in [-0.3, -0.25) is 14.5 Å². The summed E-state index contributed by atoms with van der Waals surface area (Å²) in [6.45, 7) is 10.5. The molecule has 4 aliphatic rings. The van der Waals surface area contributed by atoms with E-state index >= 15 is 0 Å². The molecule has 48 heavy (non-hydrogen) atoms. The Bertz CT molecular complexity index is 1400. The Kier molecular flexibility index (Phi) is 12.9. The monoisotopic (exact) mass is 684 g/mol. The second-order valence-electron chi connectivity index (χ2n) is 14.2. The lowest BCUT2D eigenvalue weighted by molar-refractivity contribution is -0.117. The molecule has 1 aliphatic carbocycles. The minimum absolute atomic E-state index is 0.226. The van der Waals surface area contributed by atoms with Crippen molar-refractivity contribution in [3.63, 3.8) is 0 Å². The zero-order chi connectivity index (χ0) is 34.3. The van der Waals surface area contributed by atoms with E-state index in [-0.39, 0.29) is 23.4 Å². The molecule has 11 heteroatoms. The number of ether oxygens (including phenoxy) is 1. The van der Waals surface area contributed by atoms with E-state index in [4.69, 9.17) is 4.74 Å². The van der Waals surface area contributed by atoms with Gasteiger partial charge in [0.1, 0.15) is 5.82 Å². The Morgan fingerprint density at radius 3 is 2.85 bits per heavy atom. The number of nitrogens with zero attached hydrogens (tertiary/aromatic N) is 1. The van der Waals surface area contributed by atoms with Crippen molar-refractivity contribution in [2.45, 2.75) is 96.1 Å². The minimum Gasteiger partial charge on any atom is -0.387 e. The number of nitrogens with one attached hydrogen (secondary N) is 3. The molecular weight excluding hydrogens is 631 g/mol. The number of ketones is 1. The number of hydrogen-bond acceptors (Lipinski definition) is 9. The summed E-state index contributed by atoms with van der Waals surface area (Å²) in [4.78, 5) is 28.0. The molecule has 0 aromatic heterocycles. The highest BCUT2D eigenvalue weighted by Gasteiger charge is 2.47. The number of amides is 1. The van der Waals surface area contributed by atoms with Crippen molar-refractivity contribution >= 4 is 22.8 Å². The van der Waals surface area contributed by atoms with Crippen LogP contribution in [-0.2, 0) is 22.5 Å². The molecule has 0 saturated carbocycles. The van der Waals surface area contributed by atoms with Gasteiger partial charge in [-0.2, -0.15) is 0 Å². The summed E-state index contributed by atoms with van der Waals surface area (Å²) >= 11 is 1.01. The number of halogens is 1. The van der Waals surface area contributed by atoms with Crippen LogP contribution in [-0.4, -0.2) is 89.3 Å². The molecule has 5 N–H and O–H groups in total. The number of carbonyl (C=O) groups is 2. The molecule has 0 radical (unpaired) electrons. The average Bonchev–Trinajstić information content (AvgIpc) is 3.66. The number of aliphatic hydroxyl groups is 2. The third-order valence-electron chi connectivity index (χ3n) is 10.2. The molecule has 1 aromatic carbocycles. The minimum atomic E-state index is -0.933. The predicted molar refractivity (Wildman–Crippen MR) is 188 cm³/mol. The number of rotatable bonds is 12. The van der Waals surface area contributed by atoms with Crippen molar-refractivity contribution < 1.29 is 28.9 Å². The maximum absolute atomic E-state index is 14.8. The van der Waals surface area contributed by atoms with Gasteiger partial charge in [-0.05, 0) is 98.5 Å². The highest BCUT2D eigenvalue weighted by atomic mass is 32.2. The molecule has 264 valence electrons. The predicted octanol–water partition coefficient (Wildman–Crippen LogP) is 4.59. The molecule has 4 unspecified atom stereocenters. The Morgan fingerprint density at radius 1 is 1.23 bits per heavy atom. The van der Waals surface area contributed by atoms with Crippen LogP contribution in [0.15, 0.2) is 52.6 Å². The van der Waals surface area contributed by atoms with Gasteiger partial charge in [-0.25, -0.2) is 4.39 Å². The Balaban J connectivity index is 1.07. The molecule has 3 aliphatic heterocycles. The lowest BCUT2D eigenvalue weighted by Gasteiger charge is -2.34. The Labute approximate surface area is 288 Å². The number of Topliss-reactive ketones (excluding diaryl/α,β-unsaturated/α-hetero) is 1. The zero-order valence-electron chi connectivity index (χ0n) is 28.6.